The van der Waals surface area contributed by atoms with E-state index in [0.717, 1.165) is 11.2 Å². The molecular formula is C6H12NS. The van der Waals surface area contributed by atoms with E-state index in [0.29, 0.717) is 0 Å². The van der Waals surface area contributed by atoms with E-state index in [1.165, 1.54) is 19.3 Å². The molecule has 47 valence electrons. The summed E-state index contributed by atoms with van der Waals surface area (Å²) in [6, 6.07) is 0. The third-order valence-corrected chi connectivity index (χ3v) is 4.36. The Balaban J connectivity index is 2.08. The van der Waals surface area contributed by atoms with Crippen LogP contribution in [-0.2, 0) is 0 Å². The highest BCUT2D eigenvalue weighted by molar-refractivity contribution is 7.99. The average molecular weight is 130 g/mol. The van der Waals surface area contributed by atoms with E-state index in [1.54, 1.807) is 0 Å². The van der Waals surface area contributed by atoms with Crippen molar-refractivity contribution in [3.05, 3.63) is 0 Å². The van der Waals surface area contributed by atoms with Crippen LogP contribution in [-0.4, -0.2) is 11.0 Å². The molecule has 0 N–H and O–H groups in total. The third-order valence-electron chi connectivity index (χ3n) is 2.25. The fourth-order valence-electron chi connectivity index (χ4n) is 1.29. The first-order valence-electron chi connectivity index (χ1n) is 3.31. The van der Waals surface area contributed by atoms with Gasteiger partial charge in [0.1, 0.15) is 0 Å². The van der Waals surface area contributed by atoms with E-state index in [1.807, 2.05) is 0 Å². The summed E-state index contributed by atoms with van der Waals surface area (Å²) in [5.74, 6) is 0. The summed E-state index contributed by atoms with van der Waals surface area (Å²) in [6.07, 6.45) is 8.61. The summed E-state index contributed by atoms with van der Waals surface area (Å²) in [6.45, 7) is 0. The van der Waals surface area contributed by atoms with Gasteiger partial charge in [-0.15, -0.1) is 0 Å². The third kappa shape index (κ3) is 0.672. The monoisotopic (exact) mass is 130 g/mol. The van der Waals surface area contributed by atoms with E-state index < -0.39 is 0 Å². The molecule has 1 nitrogen and oxygen atoms in total. The smallest absolute Gasteiger partial charge is 0.0662 e. The van der Waals surface area contributed by atoms with Gasteiger partial charge >= 0.3 is 0 Å². The SMILES string of the molecule is [C]1=N[SH4]C2(CC1)CC2. The molecule has 1 fully saturated rings. The molecule has 0 bridgehead atoms. The standard InChI is InChI=1S/C6H12NS/c1-2-6(3-4-6)8-7-5-1/h1-4H2,8H4. The van der Waals surface area contributed by atoms with Crippen molar-refractivity contribution in [1.29, 1.82) is 0 Å². The van der Waals surface area contributed by atoms with Gasteiger partial charge in [-0.05, 0) is 30.4 Å². The molecule has 1 radical (unpaired) electrons. The maximum atomic E-state index is 4.28. The van der Waals surface area contributed by atoms with Gasteiger partial charge in [0.05, 0.1) is 6.21 Å². The molecule has 2 rings (SSSR count). The zero-order chi connectivity index (χ0) is 5.45. The number of hydrogen-bond donors (Lipinski definition) is 0. The van der Waals surface area contributed by atoms with Gasteiger partial charge in [-0.25, -0.2) is 11.9 Å². The maximum Gasteiger partial charge on any atom is 0.0662 e. The highest BCUT2D eigenvalue weighted by Crippen LogP contribution is 2.53. The molecule has 1 heterocycles. The van der Waals surface area contributed by atoms with Gasteiger partial charge in [-0.3, -0.25) is 4.40 Å². The molecule has 0 atom stereocenters. The van der Waals surface area contributed by atoms with E-state index >= 15 is 0 Å². The minimum atomic E-state index is -0.0386. The van der Waals surface area contributed by atoms with E-state index in [-0.39, 0.29) is 11.9 Å². The molecule has 0 aromatic rings. The van der Waals surface area contributed by atoms with E-state index in [2.05, 4.69) is 10.6 Å². The molecule has 0 aromatic carbocycles. The lowest BCUT2D eigenvalue weighted by molar-refractivity contribution is 0.805. The first-order valence-corrected chi connectivity index (χ1v) is 4.65. The Morgan fingerprint density at radius 3 is 2.62 bits per heavy atom. The van der Waals surface area contributed by atoms with Gasteiger partial charge in [0.15, 0.2) is 0 Å². The minimum absolute atomic E-state index is 0.0386. The molecular weight excluding hydrogens is 118 g/mol. The summed E-state index contributed by atoms with van der Waals surface area (Å²) < 4.78 is 5.12. The Morgan fingerprint density at radius 1 is 1.38 bits per heavy atom. The van der Waals surface area contributed by atoms with Crippen molar-refractivity contribution in [2.75, 3.05) is 0 Å². The van der Waals surface area contributed by atoms with Crippen LogP contribution < -0.4 is 0 Å². The number of hydrogen-bond acceptors (Lipinski definition) is 1. The van der Waals surface area contributed by atoms with Crippen molar-refractivity contribution in [2.45, 2.75) is 30.4 Å². The molecule has 8 heavy (non-hydrogen) atoms. The lowest BCUT2D eigenvalue weighted by atomic mass is 10.2. The Hall–Kier alpha value is 0.0200. The van der Waals surface area contributed by atoms with Gasteiger partial charge in [0, 0.05) is 0 Å². The van der Waals surface area contributed by atoms with Gasteiger partial charge in [-0.1, -0.05) is 0 Å². The predicted octanol–water partition coefficient (Wildman–Crippen LogP) is 0.838. The van der Waals surface area contributed by atoms with Crippen molar-refractivity contribution in [2.24, 2.45) is 4.40 Å². The highest BCUT2D eigenvalue weighted by atomic mass is 32.2. The summed E-state index contributed by atoms with van der Waals surface area (Å²) in [5, 5.41) is 0. The van der Waals surface area contributed by atoms with Crippen LogP contribution in [0.1, 0.15) is 25.7 Å². The molecule has 1 aliphatic heterocycles. The van der Waals surface area contributed by atoms with Gasteiger partial charge in [-0.2, -0.15) is 0 Å². The van der Waals surface area contributed by atoms with Crippen LogP contribution in [0, 0.1) is 0 Å². The fourth-order valence-corrected chi connectivity index (χ4v) is 2.72. The minimum Gasteiger partial charge on any atom is -0.264 e. The number of nitrogens with zero attached hydrogens (tertiary/aromatic N) is 1. The van der Waals surface area contributed by atoms with Crippen LogP contribution in [0.4, 0.5) is 0 Å². The Labute approximate surface area is 53.7 Å². The molecule has 1 aliphatic carbocycles. The van der Waals surface area contributed by atoms with Crippen LogP contribution in [0.25, 0.3) is 0 Å². The van der Waals surface area contributed by atoms with Crippen LogP contribution >= 0.6 is 11.9 Å². The lowest BCUT2D eigenvalue weighted by Gasteiger charge is -2.17. The predicted molar refractivity (Wildman–Crippen MR) is 41.8 cm³/mol. The zero-order valence-electron chi connectivity index (χ0n) is 4.98. The number of rotatable bonds is 0. The second kappa shape index (κ2) is 1.50. The van der Waals surface area contributed by atoms with Gasteiger partial charge < -0.3 is 0 Å². The van der Waals surface area contributed by atoms with Crippen molar-refractivity contribution in [1.82, 2.24) is 0 Å². The normalized spacial score (nSPS) is 32.0. The zero-order valence-corrected chi connectivity index (χ0v) is 6.40. The molecule has 2 heteroatoms. The van der Waals surface area contributed by atoms with E-state index in [4.69, 9.17) is 0 Å². The summed E-state index contributed by atoms with van der Waals surface area (Å²) in [5.41, 5.74) is 0. The Kier molecular flexibility index (Phi) is 0.911. The highest BCUT2D eigenvalue weighted by Gasteiger charge is 2.40. The van der Waals surface area contributed by atoms with Crippen molar-refractivity contribution < 1.29 is 0 Å². The molecule has 0 saturated heterocycles. The summed E-state index contributed by atoms with van der Waals surface area (Å²) >= 11 is -0.0386. The second-order valence-corrected chi connectivity index (χ2v) is 5.11. The fraction of sp³-hybridized carbons (Fsp3) is 0.833. The van der Waals surface area contributed by atoms with Crippen molar-refractivity contribution in [3.63, 3.8) is 0 Å². The van der Waals surface area contributed by atoms with E-state index in [9.17, 15) is 0 Å². The van der Waals surface area contributed by atoms with Gasteiger partial charge in [0.2, 0.25) is 0 Å². The van der Waals surface area contributed by atoms with Crippen LogP contribution in [0.5, 0.6) is 0 Å². The van der Waals surface area contributed by atoms with Crippen molar-refractivity contribution in [3.8, 4) is 0 Å². The summed E-state index contributed by atoms with van der Waals surface area (Å²) in [4.78, 5) is 0. The second-order valence-electron chi connectivity index (χ2n) is 2.97. The topological polar surface area (TPSA) is 12.4 Å². The molecule has 0 aromatic heterocycles. The lowest BCUT2D eigenvalue weighted by Crippen LogP contribution is -2.04. The first-order chi connectivity index (χ1) is 3.91. The van der Waals surface area contributed by atoms with Crippen LogP contribution in [0.3, 0.4) is 0 Å². The Morgan fingerprint density at radius 2 is 2.25 bits per heavy atom. The van der Waals surface area contributed by atoms with Crippen LogP contribution in [0.15, 0.2) is 4.40 Å². The quantitative estimate of drug-likeness (QED) is 0.461. The van der Waals surface area contributed by atoms with Gasteiger partial charge in [0.25, 0.3) is 0 Å². The maximum absolute atomic E-state index is 4.28. The Bertz CT molecular complexity index is 126. The molecule has 0 unspecified atom stereocenters. The molecule has 1 spiro atoms. The molecule has 1 saturated carbocycles. The molecule has 2 aliphatic rings. The van der Waals surface area contributed by atoms with Crippen LogP contribution in [0.2, 0.25) is 0 Å². The summed E-state index contributed by atoms with van der Waals surface area (Å²) in [7, 11) is 0. The molecule has 0 amide bonds. The largest absolute Gasteiger partial charge is 0.264 e. The first kappa shape index (κ1) is 4.86. The average Bonchev–Trinajstić information content (AvgIpc) is 2.52. The van der Waals surface area contributed by atoms with Crippen molar-refractivity contribution >= 4 is 18.2 Å².